The van der Waals surface area contributed by atoms with E-state index in [0.717, 1.165) is 0 Å². The summed E-state index contributed by atoms with van der Waals surface area (Å²) >= 11 is 0. The number of nitrogens with zero attached hydrogens (tertiary/aromatic N) is 1. The van der Waals surface area contributed by atoms with E-state index < -0.39 is 14.4 Å². The van der Waals surface area contributed by atoms with Crippen molar-refractivity contribution in [3.05, 3.63) is 11.8 Å². The van der Waals surface area contributed by atoms with Gasteiger partial charge in [0, 0.05) is 13.0 Å². The Morgan fingerprint density at radius 3 is 2.35 bits per heavy atom. The van der Waals surface area contributed by atoms with Crippen LogP contribution in [0.15, 0.2) is 11.8 Å². The Balaban J connectivity index is 2.86. The molecule has 0 radical (unpaired) electrons. The van der Waals surface area contributed by atoms with Gasteiger partial charge in [-0.15, -0.1) is 0 Å². The maximum absolute atomic E-state index is 11.8. The van der Waals surface area contributed by atoms with Gasteiger partial charge in [0.05, 0.1) is 13.7 Å². The van der Waals surface area contributed by atoms with Gasteiger partial charge < -0.3 is 9.16 Å². The normalized spacial score (nSPS) is 20.1. The lowest BCUT2D eigenvalue weighted by Crippen LogP contribution is -2.47. The molecule has 0 aliphatic carbocycles. The molecule has 1 aliphatic heterocycles. The smallest absolute Gasteiger partial charge is 0.257 e. The summed E-state index contributed by atoms with van der Waals surface area (Å²) < 4.78 is 11.3. The lowest BCUT2D eigenvalue weighted by atomic mass is 10.2. The molecule has 20 heavy (non-hydrogen) atoms. The van der Waals surface area contributed by atoms with Crippen LogP contribution in [0.3, 0.4) is 0 Å². The number of imide groups is 1. The molecule has 1 heterocycles. The quantitative estimate of drug-likeness (QED) is 0.747. The van der Waals surface area contributed by atoms with E-state index in [-0.39, 0.29) is 16.9 Å². The number of methoxy groups -OCH3 is 1. The van der Waals surface area contributed by atoms with Gasteiger partial charge in [0.15, 0.2) is 8.32 Å². The lowest BCUT2D eigenvalue weighted by molar-refractivity contribution is -0.142. The standard InChI is InChI=1S/C14H25NO4Si/c1-10(16)15-11(12(18-5)8-13(15)17)9-19-20(6,7)14(2,3)4/h8,11H,9H2,1-7H3/t11-/m1/s1. The van der Waals surface area contributed by atoms with E-state index in [9.17, 15) is 9.59 Å². The first kappa shape index (κ1) is 16.9. The maximum Gasteiger partial charge on any atom is 0.257 e. The van der Waals surface area contributed by atoms with Crippen molar-refractivity contribution >= 4 is 20.1 Å². The average Bonchev–Trinajstić information content (AvgIpc) is 2.61. The van der Waals surface area contributed by atoms with E-state index in [4.69, 9.17) is 9.16 Å². The van der Waals surface area contributed by atoms with Crippen molar-refractivity contribution in [1.82, 2.24) is 4.90 Å². The number of amides is 2. The van der Waals surface area contributed by atoms with Gasteiger partial charge in [-0.05, 0) is 18.1 Å². The van der Waals surface area contributed by atoms with Crippen LogP contribution >= 0.6 is 0 Å². The third-order valence-electron chi connectivity index (χ3n) is 4.13. The molecule has 1 atom stereocenters. The molecule has 0 saturated carbocycles. The van der Waals surface area contributed by atoms with Gasteiger partial charge in [-0.3, -0.25) is 14.5 Å². The molecule has 2 amide bonds. The molecule has 114 valence electrons. The molecule has 0 bridgehead atoms. The SMILES string of the molecule is COC1=CC(=O)N(C(C)=O)[C@@H]1CO[Si](C)(C)C(C)(C)C. The minimum absolute atomic E-state index is 0.0770. The average molecular weight is 299 g/mol. The number of carbonyl (C=O) groups is 2. The van der Waals surface area contributed by atoms with Gasteiger partial charge in [-0.25, -0.2) is 0 Å². The van der Waals surface area contributed by atoms with E-state index in [1.54, 1.807) is 0 Å². The number of hydrogen-bond donors (Lipinski definition) is 0. The van der Waals surface area contributed by atoms with Gasteiger partial charge in [-0.1, -0.05) is 20.8 Å². The highest BCUT2D eigenvalue weighted by Gasteiger charge is 2.41. The minimum Gasteiger partial charge on any atom is -0.499 e. The predicted octanol–water partition coefficient (Wildman–Crippen LogP) is 2.30. The van der Waals surface area contributed by atoms with Gasteiger partial charge >= 0.3 is 0 Å². The number of rotatable bonds is 4. The third kappa shape index (κ3) is 3.30. The fourth-order valence-electron chi connectivity index (χ4n) is 1.80. The molecule has 0 unspecified atom stereocenters. The fraction of sp³-hybridized carbons (Fsp3) is 0.714. The Bertz CT molecular complexity index is 437. The topological polar surface area (TPSA) is 55.8 Å². The summed E-state index contributed by atoms with van der Waals surface area (Å²) in [7, 11) is -0.431. The van der Waals surface area contributed by atoms with Crippen LogP contribution in [0.5, 0.6) is 0 Å². The first-order chi connectivity index (χ1) is 9.01. The Kier molecular flexibility index (Phi) is 4.81. The molecule has 0 aromatic rings. The van der Waals surface area contributed by atoms with Crippen LogP contribution in [-0.2, 0) is 18.8 Å². The fourth-order valence-corrected chi connectivity index (χ4v) is 2.81. The summed E-state index contributed by atoms with van der Waals surface area (Å²) in [6, 6.07) is -0.445. The van der Waals surface area contributed by atoms with Gasteiger partial charge in [0.1, 0.15) is 11.8 Å². The highest BCUT2D eigenvalue weighted by molar-refractivity contribution is 6.74. The van der Waals surface area contributed by atoms with Crippen molar-refractivity contribution in [2.45, 2.75) is 51.9 Å². The van der Waals surface area contributed by atoms with Crippen molar-refractivity contribution in [3.8, 4) is 0 Å². The molecular weight excluding hydrogens is 274 g/mol. The molecular formula is C14H25NO4Si. The van der Waals surface area contributed by atoms with E-state index in [2.05, 4.69) is 33.9 Å². The molecule has 0 spiro atoms. The molecule has 5 nitrogen and oxygen atoms in total. The molecule has 0 N–H and O–H groups in total. The number of ether oxygens (including phenoxy) is 1. The largest absolute Gasteiger partial charge is 0.499 e. The second-order valence-corrected chi connectivity index (χ2v) is 11.4. The number of carbonyl (C=O) groups excluding carboxylic acids is 2. The van der Waals surface area contributed by atoms with Crippen molar-refractivity contribution in [2.24, 2.45) is 0 Å². The maximum atomic E-state index is 11.8. The summed E-state index contributed by atoms with van der Waals surface area (Å²) in [4.78, 5) is 24.6. The monoisotopic (exact) mass is 299 g/mol. The molecule has 1 aliphatic rings. The van der Waals surface area contributed by atoms with Crippen LogP contribution in [0, 0.1) is 0 Å². The second-order valence-electron chi connectivity index (χ2n) is 6.57. The molecule has 0 saturated heterocycles. The van der Waals surface area contributed by atoms with Crippen LogP contribution in [0.25, 0.3) is 0 Å². The van der Waals surface area contributed by atoms with Crippen LogP contribution in [0.4, 0.5) is 0 Å². The second kappa shape index (κ2) is 5.69. The summed E-state index contributed by atoms with van der Waals surface area (Å²) in [6.07, 6.45) is 1.36. The van der Waals surface area contributed by atoms with Crippen molar-refractivity contribution in [2.75, 3.05) is 13.7 Å². The first-order valence-electron chi connectivity index (χ1n) is 6.74. The summed E-state index contributed by atoms with van der Waals surface area (Å²) in [5.74, 6) is -0.135. The molecule has 0 aromatic heterocycles. The van der Waals surface area contributed by atoms with Gasteiger partial charge in [0.2, 0.25) is 5.91 Å². The molecule has 0 aromatic carbocycles. The summed E-state index contributed by atoms with van der Waals surface area (Å²) in [6.45, 7) is 12.4. The van der Waals surface area contributed by atoms with E-state index >= 15 is 0 Å². The van der Waals surface area contributed by atoms with E-state index in [0.29, 0.717) is 12.4 Å². The Hall–Kier alpha value is -1.14. The van der Waals surface area contributed by atoms with Crippen LogP contribution in [-0.4, -0.2) is 44.8 Å². The zero-order valence-electron chi connectivity index (χ0n) is 13.4. The third-order valence-corrected chi connectivity index (χ3v) is 8.63. The summed E-state index contributed by atoms with van der Waals surface area (Å²) in [5.41, 5.74) is 0. The van der Waals surface area contributed by atoms with Crippen molar-refractivity contribution in [1.29, 1.82) is 0 Å². The zero-order chi connectivity index (χ0) is 15.7. The Labute approximate surface area is 122 Å². The first-order valence-corrected chi connectivity index (χ1v) is 9.65. The van der Waals surface area contributed by atoms with Crippen LogP contribution in [0.2, 0.25) is 18.1 Å². The van der Waals surface area contributed by atoms with Crippen LogP contribution < -0.4 is 0 Å². The Morgan fingerprint density at radius 2 is 1.95 bits per heavy atom. The van der Waals surface area contributed by atoms with E-state index in [1.807, 2.05) is 0 Å². The van der Waals surface area contributed by atoms with Crippen molar-refractivity contribution < 1.29 is 18.8 Å². The van der Waals surface area contributed by atoms with Crippen LogP contribution in [0.1, 0.15) is 27.7 Å². The Morgan fingerprint density at radius 1 is 1.40 bits per heavy atom. The van der Waals surface area contributed by atoms with Crippen molar-refractivity contribution in [3.63, 3.8) is 0 Å². The van der Waals surface area contributed by atoms with Gasteiger partial charge in [-0.2, -0.15) is 0 Å². The molecule has 1 rings (SSSR count). The molecule has 0 fully saturated rings. The molecule has 6 heteroatoms. The lowest BCUT2D eigenvalue weighted by Gasteiger charge is -2.37. The highest BCUT2D eigenvalue weighted by Crippen LogP contribution is 2.37. The highest BCUT2D eigenvalue weighted by atomic mass is 28.4. The van der Waals surface area contributed by atoms with Gasteiger partial charge in [0.25, 0.3) is 5.91 Å². The minimum atomic E-state index is -1.93. The summed E-state index contributed by atoms with van der Waals surface area (Å²) in [5, 5.41) is 0.0770. The zero-order valence-corrected chi connectivity index (χ0v) is 14.4. The van der Waals surface area contributed by atoms with E-state index in [1.165, 1.54) is 25.0 Å². The number of hydrogen-bond acceptors (Lipinski definition) is 4. The predicted molar refractivity (Wildman–Crippen MR) is 79.6 cm³/mol.